The van der Waals surface area contributed by atoms with Gasteiger partial charge in [0.2, 0.25) is 0 Å². The quantitative estimate of drug-likeness (QED) is 0.0570. The minimum Gasteiger partial charge on any atom is -0.493 e. The van der Waals surface area contributed by atoms with E-state index in [4.69, 9.17) is 87.9 Å². The summed E-state index contributed by atoms with van der Waals surface area (Å²) in [4.78, 5) is 32.3. The van der Waals surface area contributed by atoms with E-state index in [1.165, 1.54) is 40.8 Å². The molecule has 4 rings (SSSR count). The number of carbonyl (C=O) groups is 2. The molecule has 0 aliphatic heterocycles. The van der Waals surface area contributed by atoms with E-state index in [0.717, 1.165) is 12.8 Å². The van der Waals surface area contributed by atoms with Crippen molar-refractivity contribution >= 4 is 67.8 Å². The maximum absolute atomic E-state index is 12.5. The standard InChI is InChI=1S/C19H25ClN2O6.C15H15Cl2NO4.C4H11NO2/c1-24-6-5-7-28-16-9-14-12(8-15(16)25-2)18(20)13(10-21-14)19(23)22-11-17(26-3)27-4;1-20-4-3-5-22-13-7-11-9(6-12(13)21-2)14(16)10(8-18-11)15(17)19;1-6-4(3-5)7-2/h8-10,17H,5-7,11H2,1-4H3,(H,22,23);6-8H,3-5H2,1-2H3;4H,3,5H2,1-2H3. The van der Waals surface area contributed by atoms with Crippen LogP contribution < -0.4 is 30.0 Å². The molecule has 0 atom stereocenters. The van der Waals surface area contributed by atoms with Crippen LogP contribution >= 0.6 is 34.8 Å². The number of ether oxygens (including phenoxy) is 10. The molecule has 0 unspecified atom stereocenters. The van der Waals surface area contributed by atoms with Crippen molar-refractivity contribution in [1.82, 2.24) is 15.3 Å². The van der Waals surface area contributed by atoms with Crippen molar-refractivity contribution in [2.24, 2.45) is 5.73 Å². The largest absolute Gasteiger partial charge is 0.493 e. The Kier molecular flexibility index (Phi) is 23.4. The lowest BCUT2D eigenvalue weighted by atomic mass is 10.1. The first-order valence-electron chi connectivity index (χ1n) is 17.3. The number of hydrogen-bond acceptors (Lipinski definition) is 15. The van der Waals surface area contributed by atoms with Crippen molar-refractivity contribution in [3.8, 4) is 23.0 Å². The van der Waals surface area contributed by atoms with Gasteiger partial charge in [-0.05, 0) is 23.7 Å². The van der Waals surface area contributed by atoms with E-state index in [0.29, 0.717) is 77.8 Å². The minimum absolute atomic E-state index is 0.159. The Hall–Kier alpha value is -3.81. The second-order valence-electron chi connectivity index (χ2n) is 11.4. The van der Waals surface area contributed by atoms with Crippen LogP contribution in [0.4, 0.5) is 0 Å². The van der Waals surface area contributed by atoms with E-state index in [-0.39, 0.29) is 39.9 Å². The lowest BCUT2D eigenvalue weighted by Gasteiger charge is -2.15. The number of nitrogens with one attached hydrogen (secondary N) is 1. The third kappa shape index (κ3) is 15.1. The summed E-state index contributed by atoms with van der Waals surface area (Å²) in [5.74, 6) is 1.74. The second-order valence-corrected chi connectivity index (χ2v) is 12.5. The van der Waals surface area contributed by atoms with Gasteiger partial charge >= 0.3 is 0 Å². The zero-order valence-electron chi connectivity index (χ0n) is 33.3. The minimum atomic E-state index is -0.654. The van der Waals surface area contributed by atoms with Crippen molar-refractivity contribution in [3.05, 3.63) is 57.8 Å². The second kappa shape index (κ2) is 27.0. The zero-order chi connectivity index (χ0) is 42.3. The lowest BCUT2D eigenvalue weighted by Crippen LogP contribution is -2.34. The number of halogens is 3. The van der Waals surface area contributed by atoms with E-state index in [1.807, 2.05) is 0 Å². The van der Waals surface area contributed by atoms with Crippen LogP contribution in [0.2, 0.25) is 10.0 Å². The highest BCUT2D eigenvalue weighted by atomic mass is 35.5. The van der Waals surface area contributed by atoms with Crippen LogP contribution in [0.1, 0.15) is 33.6 Å². The van der Waals surface area contributed by atoms with Gasteiger partial charge in [-0.15, -0.1) is 0 Å². The molecule has 0 saturated heterocycles. The number of nitrogens with zero attached hydrogens (tertiary/aromatic N) is 2. The van der Waals surface area contributed by atoms with Gasteiger partial charge in [0.1, 0.15) is 0 Å². The molecular formula is C38H51Cl3N4O12. The smallest absolute Gasteiger partial charge is 0.255 e. The fourth-order valence-corrected chi connectivity index (χ4v) is 5.53. The topological polar surface area (TPSA) is 190 Å². The predicted octanol–water partition coefficient (Wildman–Crippen LogP) is 5.92. The maximum Gasteiger partial charge on any atom is 0.255 e. The summed E-state index contributed by atoms with van der Waals surface area (Å²) >= 11 is 18.2. The molecule has 0 aliphatic carbocycles. The van der Waals surface area contributed by atoms with Crippen molar-refractivity contribution in [2.45, 2.75) is 25.4 Å². The monoisotopic (exact) mass is 860 g/mol. The lowest BCUT2D eigenvalue weighted by molar-refractivity contribution is -0.0974. The molecule has 1 amide bonds. The van der Waals surface area contributed by atoms with Crippen molar-refractivity contribution in [1.29, 1.82) is 0 Å². The Balaban J connectivity index is 0.000000344. The SMILES string of the molecule is COC(CN)OC.COCCCOc1cc2ncc(C(=O)Cl)c(Cl)c2cc1OC.COCCCOc1cc2ncc(C(=O)NCC(OC)OC)c(Cl)c2cc1OC. The third-order valence-corrected chi connectivity index (χ3v) is 8.82. The van der Waals surface area contributed by atoms with Gasteiger partial charge in [0, 0.05) is 111 Å². The van der Waals surface area contributed by atoms with Gasteiger partial charge in [-0.25, -0.2) is 0 Å². The Morgan fingerprint density at radius 1 is 0.649 bits per heavy atom. The van der Waals surface area contributed by atoms with Crippen LogP contribution in [0, 0.1) is 0 Å². The highest BCUT2D eigenvalue weighted by Gasteiger charge is 2.19. The normalized spacial score (nSPS) is 10.8. The van der Waals surface area contributed by atoms with Crippen molar-refractivity contribution < 1.29 is 57.0 Å². The van der Waals surface area contributed by atoms with Crippen LogP contribution in [-0.4, -0.2) is 130 Å². The van der Waals surface area contributed by atoms with E-state index < -0.39 is 11.5 Å². The molecule has 0 aliphatic rings. The first-order valence-corrected chi connectivity index (χ1v) is 18.5. The third-order valence-electron chi connectivity index (χ3n) is 7.81. The number of hydrogen-bond donors (Lipinski definition) is 2. The molecule has 19 heteroatoms. The molecule has 3 N–H and O–H groups in total. The fourth-order valence-electron chi connectivity index (χ4n) is 4.77. The van der Waals surface area contributed by atoms with Crippen LogP contribution in [0.3, 0.4) is 0 Å². The Bertz CT molecular complexity index is 1840. The molecule has 0 spiro atoms. The Morgan fingerprint density at radius 2 is 1.09 bits per heavy atom. The number of carbonyl (C=O) groups excluding carboxylic acids is 2. The van der Waals surface area contributed by atoms with Crippen molar-refractivity contribution in [2.75, 3.05) is 96.4 Å². The van der Waals surface area contributed by atoms with E-state index in [9.17, 15) is 9.59 Å². The fraction of sp³-hybridized carbons (Fsp3) is 0.474. The molecule has 2 heterocycles. The van der Waals surface area contributed by atoms with Crippen molar-refractivity contribution in [3.63, 3.8) is 0 Å². The van der Waals surface area contributed by atoms with Crippen LogP contribution in [0.25, 0.3) is 21.8 Å². The molecule has 0 radical (unpaired) electrons. The molecule has 16 nitrogen and oxygen atoms in total. The highest BCUT2D eigenvalue weighted by Crippen LogP contribution is 2.37. The summed E-state index contributed by atoms with van der Waals surface area (Å²) in [6.45, 7) is 2.77. The number of amides is 1. The molecular weight excluding hydrogens is 811 g/mol. The number of nitrogens with two attached hydrogens (primary N) is 1. The van der Waals surface area contributed by atoms with Gasteiger partial charge in [-0.3, -0.25) is 19.6 Å². The first kappa shape index (κ1) is 49.3. The predicted molar refractivity (Wildman–Crippen MR) is 218 cm³/mol. The average molecular weight is 862 g/mol. The highest BCUT2D eigenvalue weighted by molar-refractivity contribution is 6.69. The molecule has 0 bridgehead atoms. The van der Waals surface area contributed by atoms with Gasteiger partial charge in [0.25, 0.3) is 11.1 Å². The van der Waals surface area contributed by atoms with Gasteiger partial charge in [-0.2, -0.15) is 0 Å². The first-order chi connectivity index (χ1) is 27.5. The van der Waals surface area contributed by atoms with Crippen LogP contribution in [-0.2, 0) is 28.4 Å². The number of aromatic nitrogens is 2. The molecule has 4 aromatic rings. The van der Waals surface area contributed by atoms with Crippen LogP contribution in [0.15, 0.2) is 36.7 Å². The Labute approximate surface area is 347 Å². The van der Waals surface area contributed by atoms with Crippen LogP contribution in [0.5, 0.6) is 23.0 Å². The summed E-state index contributed by atoms with van der Waals surface area (Å²) < 4.78 is 51.6. The zero-order valence-corrected chi connectivity index (χ0v) is 35.5. The van der Waals surface area contributed by atoms with E-state index in [2.05, 4.69) is 15.3 Å². The van der Waals surface area contributed by atoms with Gasteiger partial charge in [-0.1, -0.05) is 23.2 Å². The number of rotatable bonds is 21. The van der Waals surface area contributed by atoms with E-state index >= 15 is 0 Å². The molecule has 57 heavy (non-hydrogen) atoms. The summed E-state index contributed by atoms with van der Waals surface area (Å²) in [5, 5.41) is 3.74. The van der Waals surface area contributed by atoms with Gasteiger partial charge in [0.05, 0.1) is 66.2 Å². The maximum atomic E-state index is 12.5. The summed E-state index contributed by atoms with van der Waals surface area (Å²) in [6, 6.07) is 6.84. The summed E-state index contributed by atoms with van der Waals surface area (Å²) in [6.07, 6.45) is 3.49. The molecule has 316 valence electrons. The Morgan fingerprint density at radius 3 is 1.46 bits per heavy atom. The molecule has 2 aromatic heterocycles. The molecule has 2 aromatic carbocycles. The molecule has 0 fully saturated rings. The molecule has 0 saturated carbocycles. The average Bonchev–Trinajstić information content (AvgIpc) is 3.22. The van der Waals surface area contributed by atoms with Gasteiger partial charge < -0.3 is 58.4 Å². The number of benzene rings is 2. The number of fused-ring (bicyclic) bond motifs is 2. The summed E-state index contributed by atoms with van der Waals surface area (Å²) in [5.41, 5.74) is 6.73. The number of methoxy groups -OCH3 is 8. The summed E-state index contributed by atoms with van der Waals surface area (Å²) in [7, 11) is 12.4. The van der Waals surface area contributed by atoms with E-state index in [1.54, 1.807) is 52.7 Å². The van der Waals surface area contributed by atoms with Gasteiger partial charge in [0.15, 0.2) is 35.6 Å². The number of pyridine rings is 2.